The molecule has 0 aromatic rings. The summed E-state index contributed by atoms with van der Waals surface area (Å²) < 4.78 is 0. The molecule has 0 unspecified atom stereocenters. The molecule has 3 rings (SSSR count). The van der Waals surface area contributed by atoms with Gasteiger partial charge in [-0.1, -0.05) is 27.2 Å². The number of carbonyl (C=O) groups is 1. The lowest BCUT2D eigenvalue weighted by Crippen LogP contribution is -2.57. The molecule has 3 aliphatic carbocycles. The quantitative estimate of drug-likeness (QED) is 0.793. The van der Waals surface area contributed by atoms with E-state index in [1.54, 1.807) is 0 Å². The van der Waals surface area contributed by atoms with Crippen LogP contribution in [0, 0.1) is 46.3 Å². The zero-order chi connectivity index (χ0) is 17.7. The predicted molar refractivity (Wildman–Crippen MR) is 95.5 cm³/mol. The average Bonchev–Trinajstić information content (AvgIpc) is 2.53. The predicted octanol–water partition coefficient (Wildman–Crippen LogP) is 4.58. The second-order valence-corrected chi connectivity index (χ2v) is 9.90. The molecule has 3 nitrogen and oxygen atoms in total. The van der Waals surface area contributed by atoms with E-state index >= 15 is 0 Å². The first-order valence-electron chi connectivity index (χ1n) is 10.1. The lowest BCUT2D eigenvalue weighted by molar-refractivity contribution is -0.176. The largest absolute Gasteiger partial charge is 0.481 e. The Morgan fingerprint density at radius 1 is 1.17 bits per heavy atom. The van der Waals surface area contributed by atoms with Crippen molar-refractivity contribution in [3.05, 3.63) is 0 Å². The zero-order valence-electron chi connectivity index (χ0n) is 15.9. The number of carboxylic acid groups (broad SMARTS) is 1. The van der Waals surface area contributed by atoms with Gasteiger partial charge in [0.05, 0.1) is 5.41 Å². The molecule has 0 heterocycles. The Labute approximate surface area is 147 Å². The highest BCUT2D eigenvalue weighted by atomic mass is 16.4. The first kappa shape index (κ1) is 18.2. The van der Waals surface area contributed by atoms with E-state index in [0.29, 0.717) is 36.2 Å². The minimum Gasteiger partial charge on any atom is -0.481 e. The van der Waals surface area contributed by atoms with Gasteiger partial charge in [-0.3, -0.25) is 4.79 Å². The van der Waals surface area contributed by atoms with Crippen LogP contribution in [0.4, 0.5) is 0 Å². The highest BCUT2D eigenvalue weighted by Gasteiger charge is 2.60. The Morgan fingerprint density at radius 2 is 1.88 bits per heavy atom. The monoisotopic (exact) mass is 336 g/mol. The van der Waals surface area contributed by atoms with Gasteiger partial charge in [-0.25, -0.2) is 0 Å². The van der Waals surface area contributed by atoms with Crippen molar-refractivity contribution in [2.45, 2.75) is 72.6 Å². The minimum absolute atomic E-state index is 0.143. The summed E-state index contributed by atoms with van der Waals surface area (Å²) in [5.74, 6) is 2.70. The molecule has 0 spiro atoms. The minimum atomic E-state index is -0.591. The summed E-state index contributed by atoms with van der Waals surface area (Å²) in [5, 5.41) is 19.9. The van der Waals surface area contributed by atoms with Crippen molar-refractivity contribution in [3.8, 4) is 0 Å². The van der Waals surface area contributed by atoms with Gasteiger partial charge in [-0.2, -0.15) is 0 Å². The smallest absolute Gasteiger partial charge is 0.309 e. The fourth-order valence-corrected chi connectivity index (χ4v) is 7.19. The maximum Gasteiger partial charge on any atom is 0.309 e. The van der Waals surface area contributed by atoms with E-state index in [0.717, 1.165) is 31.6 Å². The number of carboxylic acids is 1. The Bertz CT molecular complexity index is 487. The number of aliphatic carboxylic acids is 1. The molecule has 0 aliphatic heterocycles. The summed E-state index contributed by atoms with van der Waals surface area (Å²) in [7, 11) is 0. The third-order valence-electron chi connectivity index (χ3n) is 8.54. The van der Waals surface area contributed by atoms with E-state index in [9.17, 15) is 15.0 Å². The molecule has 0 aromatic heterocycles. The van der Waals surface area contributed by atoms with Crippen LogP contribution in [0.5, 0.6) is 0 Å². The first-order chi connectivity index (χ1) is 11.2. The lowest BCUT2D eigenvalue weighted by atomic mass is 9.43. The molecule has 0 saturated heterocycles. The molecule has 3 saturated carbocycles. The van der Waals surface area contributed by atoms with Crippen LogP contribution < -0.4 is 0 Å². The number of aliphatic hydroxyl groups excluding tert-OH is 1. The van der Waals surface area contributed by atoms with Gasteiger partial charge in [0, 0.05) is 6.61 Å². The van der Waals surface area contributed by atoms with Gasteiger partial charge in [0.1, 0.15) is 0 Å². The van der Waals surface area contributed by atoms with Crippen LogP contribution in [-0.2, 0) is 4.79 Å². The van der Waals surface area contributed by atoms with Crippen molar-refractivity contribution in [3.63, 3.8) is 0 Å². The summed E-state index contributed by atoms with van der Waals surface area (Å²) in [6.45, 7) is 9.27. The zero-order valence-corrected chi connectivity index (χ0v) is 15.9. The summed E-state index contributed by atoms with van der Waals surface area (Å²) in [5.41, 5.74) is -0.411. The Balaban J connectivity index is 1.90. The van der Waals surface area contributed by atoms with Crippen LogP contribution in [-0.4, -0.2) is 22.8 Å². The fourth-order valence-electron chi connectivity index (χ4n) is 7.19. The molecular weight excluding hydrogens is 300 g/mol. The van der Waals surface area contributed by atoms with Gasteiger partial charge >= 0.3 is 5.97 Å². The van der Waals surface area contributed by atoms with Crippen LogP contribution in [0.1, 0.15) is 72.6 Å². The van der Waals surface area contributed by atoms with Gasteiger partial charge in [-0.05, 0) is 86.4 Å². The Kier molecular flexibility index (Phi) is 4.79. The van der Waals surface area contributed by atoms with Crippen LogP contribution in [0.25, 0.3) is 0 Å². The van der Waals surface area contributed by atoms with E-state index in [1.807, 2.05) is 6.92 Å². The molecule has 138 valence electrons. The van der Waals surface area contributed by atoms with Crippen LogP contribution in [0.3, 0.4) is 0 Å². The van der Waals surface area contributed by atoms with Crippen LogP contribution in [0.15, 0.2) is 0 Å². The Hall–Kier alpha value is -0.570. The summed E-state index contributed by atoms with van der Waals surface area (Å²) in [6, 6.07) is 0. The van der Waals surface area contributed by atoms with E-state index in [-0.39, 0.29) is 5.41 Å². The summed E-state index contributed by atoms with van der Waals surface area (Å²) in [4.78, 5) is 12.1. The van der Waals surface area contributed by atoms with E-state index in [1.165, 1.54) is 19.3 Å². The lowest BCUT2D eigenvalue weighted by Gasteiger charge is -2.61. The van der Waals surface area contributed by atoms with Crippen molar-refractivity contribution >= 4 is 5.97 Å². The van der Waals surface area contributed by atoms with Crippen molar-refractivity contribution in [1.29, 1.82) is 0 Å². The highest BCUT2D eigenvalue weighted by Crippen LogP contribution is 2.65. The maximum atomic E-state index is 12.1. The molecular formula is C21H36O3. The number of hydrogen-bond donors (Lipinski definition) is 2. The highest BCUT2D eigenvalue weighted by molar-refractivity contribution is 5.75. The van der Waals surface area contributed by atoms with Gasteiger partial charge < -0.3 is 10.2 Å². The van der Waals surface area contributed by atoms with Crippen molar-refractivity contribution in [1.82, 2.24) is 0 Å². The molecule has 7 atom stereocenters. The second-order valence-electron chi connectivity index (χ2n) is 9.90. The number of rotatable bonds is 3. The molecule has 0 bridgehead atoms. The van der Waals surface area contributed by atoms with Crippen molar-refractivity contribution in [2.75, 3.05) is 6.61 Å². The SMILES string of the molecule is CC(C)[C@@H]1C[C@H]2CC[C@@H]3[C@](C)(CCC[C@@]3(C)C(=O)O)[C@@H]2C[C@@H]1CO. The van der Waals surface area contributed by atoms with E-state index in [4.69, 9.17) is 0 Å². The molecule has 3 heteroatoms. The van der Waals surface area contributed by atoms with Crippen molar-refractivity contribution in [2.24, 2.45) is 46.3 Å². The normalized spacial score (nSPS) is 48.7. The number of hydrogen-bond acceptors (Lipinski definition) is 2. The van der Waals surface area contributed by atoms with E-state index < -0.39 is 11.4 Å². The molecule has 3 aliphatic rings. The molecule has 0 aromatic carbocycles. The van der Waals surface area contributed by atoms with E-state index in [2.05, 4.69) is 20.8 Å². The third-order valence-corrected chi connectivity index (χ3v) is 8.54. The fraction of sp³-hybridized carbons (Fsp3) is 0.952. The molecule has 0 amide bonds. The number of fused-ring (bicyclic) bond motifs is 3. The molecule has 2 N–H and O–H groups in total. The Morgan fingerprint density at radius 3 is 2.46 bits per heavy atom. The molecule has 0 radical (unpaired) electrons. The van der Waals surface area contributed by atoms with Gasteiger partial charge in [-0.15, -0.1) is 0 Å². The van der Waals surface area contributed by atoms with Crippen LogP contribution in [0.2, 0.25) is 0 Å². The standard InChI is InChI=1S/C21H36O3/c1-13(2)16-10-14-6-7-18-20(3,17(14)11-15(16)12-22)8-5-9-21(18,4)19(23)24/h13-18,22H,5-12H2,1-4H3,(H,23,24)/t14-,15-,16+,17-,18-,20-,21-/m1/s1. The maximum absolute atomic E-state index is 12.1. The van der Waals surface area contributed by atoms with Gasteiger partial charge in [0.25, 0.3) is 0 Å². The van der Waals surface area contributed by atoms with Crippen LogP contribution >= 0.6 is 0 Å². The summed E-state index contributed by atoms with van der Waals surface area (Å²) in [6.07, 6.45) is 7.65. The van der Waals surface area contributed by atoms with Crippen molar-refractivity contribution < 1.29 is 15.0 Å². The third kappa shape index (κ3) is 2.62. The topological polar surface area (TPSA) is 57.5 Å². The molecule has 3 fully saturated rings. The summed E-state index contributed by atoms with van der Waals surface area (Å²) >= 11 is 0. The second kappa shape index (κ2) is 6.30. The van der Waals surface area contributed by atoms with Gasteiger partial charge in [0.15, 0.2) is 0 Å². The first-order valence-corrected chi connectivity index (χ1v) is 10.1. The van der Waals surface area contributed by atoms with Gasteiger partial charge in [0.2, 0.25) is 0 Å². The average molecular weight is 337 g/mol. The number of aliphatic hydroxyl groups is 1. The molecule has 24 heavy (non-hydrogen) atoms.